The van der Waals surface area contributed by atoms with Crippen LogP contribution in [0.3, 0.4) is 0 Å². The molecular weight excluding hydrogens is 288 g/mol. The van der Waals surface area contributed by atoms with Crippen molar-refractivity contribution in [2.75, 3.05) is 44.7 Å². The minimum atomic E-state index is -0.652. The SMILES string of the molecule is C#CCN1CCN(c2ncc(C(=O)OC)cc2[N+](=O)[O-])CC1. The third-order valence-corrected chi connectivity index (χ3v) is 3.45. The van der Waals surface area contributed by atoms with Gasteiger partial charge in [-0.05, 0) is 0 Å². The normalized spacial score (nSPS) is 15.2. The van der Waals surface area contributed by atoms with Gasteiger partial charge in [0.2, 0.25) is 5.82 Å². The highest BCUT2D eigenvalue weighted by atomic mass is 16.6. The Balaban J connectivity index is 2.23. The smallest absolute Gasteiger partial charge is 0.339 e. The van der Waals surface area contributed by atoms with E-state index in [9.17, 15) is 14.9 Å². The fourth-order valence-corrected chi connectivity index (χ4v) is 2.30. The van der Waals surface area contributed by atoms with Crippen molar-refractivity contribution in [2.45, 2.75) is 0 Å². The van der Waals surface area contributed by atoms with Gasteiger partial charge in [-0.15, -0.1) is 6.42 Å². The van der Waals surface area contributed by atoms with Crippen LogP contribution in [0.15, 0.2) is 12.3 Å². The van der Waals surface area contributed by atoms with Crippen molar-refractivity contribution in [1.82, 2.24) is 9.88 Å². The molecule has 0 spiro atoms. The number of ether oxygens (including phenoxy) is 1. The molecule has 0 atom stereocenters. The number of nitrogens with zero attached hydrogens (tertiary/aromatic N) is 4. The lowest BCUT2D eigenvalue weighted by Gasteiger charge is -2.34. The van der Waals surface area contributed by atoms with Crippen LogP contribution in [0, 0.1) is 22.5 Å². The monoisotopic (exact) mass is 304 g/mol. The summed E-state index contributed by atoms with van der Waals surface area (Å²) in [5, 5.41) is 11.2. The Bertz CT molecular complexity index is 618. The maximum atomic E-state index is 11.5. The summed E-state index contributed by atoms with van der Waals surface area (Å²) in [7, 11) is 1.22. The average Bonchev–Trinajstić information content (AvgIpc) is 2.54. The van der Waals surface area contributed by atoms with Crippen LogP contribution < -0.4 is 4.90 Å². The van der Waals surface area contributed by atoms with E-state index in [1.807, 2.05) is 4.90 Å². The fraction of sp³-hybridized carbons (Fsp3) is 0.429. The number of piperazine rings is 1. The number of hydrogen-bond acceptors (Lipinski definition) is 7. The molecule has 1 fully saturated rings. The fourth-order valence-electron chi connectivity index (χ4n) is 2.30. The molecule has 8 nitrogen and oxygen atoms in total. The predicted molar refractivity (Wildman–Crippen MR) is 79.7 cm³/mol. The van der Waals surface area contributed by atoms with Gasteiger partial charge in [-0.2, -0.15) is 0 Å². The summed E-state index contributed by atoms with van der Waals surface area (Å²) in [6.45, 7) is 3.16. The lowest BCUT2D eigenvalue weighted by atomic mass is 10.2. The molecule has 1 aromatic rings. The van der Waals surface area contributed by atoms with Crippen LogP contribution in [0.2, 0.25) is 0 Å². The molecule has 0 aromatic carbocycles. The zero-order valence-electron chi connectivity index (χ0n) is 12.2. The van der Waals surface area contributed by atoms with E-state index in [2.05, 4.69) is 20.5 Å². The van der Waals surface area contributed by atoms with Crippen molar-refractivity contribution in [3.8, 4) is 12.3 Å². The van der Waals surface area contributed by atoms with Crippen molar-refractivity contribution in [1.29, 1.82) is 0 Å². The summed E-state index contributed by atoms with van der Waals surface area (Å²) in [6.07, 6.45) is 6.57. The van der Waals surface area contributed by atoms with E-state index >= 15 is 0 Å². The third kappa shape index (κ3) is 3.32. The van der Waals surface area contributed by atoms with Gasteiger partial charge in [0.15, 0.2) is 0 Å². The van der Waals surface area contributed by atoms with Crippen molar-refractivity contribution < 1.29 is 14.5 Å². The Morgan fingerprint density at radius 3 is 2.73 bits per heavy atom. The van der Waals surface area contributed by atoms with Gasteiger partial charge in [0.1, 0.15) is 0 Å². The van der Waals surface area contributed by atoms with Gasteiger partial charge in [-0.25, -0.2) is 9.78 Å². The molecule has 116 valence electrons. The first-order valence-corrected chi connectivity index (χ1v) is 6.70. The molecule has 2 rings (SSSR count). The van der Waals surface area contributed by atoms with Gasteiger partial charge in [0.25, 0.3) is 0 Å². The molecular formula is C14H16N4O4. The Labute approximate surface area is 127 Å². The number of esters is 1. The first-order chi connectivity index (χ1) is 10.6. The molecule has 1 aliphatic rings. The van der Waals surface area contributed by atoms with Gasteiger partial charge in [-0.1, -0.05) is 5.92 Å². The van der Waals surface area contributed by atoms with Crippen LogP contribution >= 0.6 is 0 Å². The van der Waals surface area contributed by atoms with Gasteiger partial charge in [0, 0.05) is 38.4 Å². The molecule has 1 saturated heterocycles. The van der Waals surface area contributed by atoms with Gasteiger partial charge < -0.3 is 9.64 Å². The molecule has 0 amide bonds. The molecule has 0 bridgehead atoms. The van der Waals surface area contributed by atoms with E-state index in [-0.39, 0.29) is 17.1 Å². The summed E-state index contributed by atoms with van der Waals surface area (Å²) in [6, 6.07) is 1.20. The van der Waals surface area contributed by atoms with E-state index in [1.54, 1.807) is 0 Å². The summed E-state index contributed by atoms with van der Waals surface area (Å²) in [5.41, 5.74) is -0.141. The molecule has 1 aromatic heterocycles. The zero-order chi connectivity index (χ0) is 16.1. The molecule has 0 saturated carbocycles. The summed E-state index contributed by atoms with van der Waals surface area (Å²) in [4.78, 5) is 30.2. The summed E-state index contributed by atoms with van der Waals surface area (Å²) >= 11 is 0. The highest BCUT2D eigenvalue weighted by Crippen LogP contribution is 2.27. The quantitative estimate of drug-likeness (QED) is 0.347. The highest BCUT2D eigenvalue weighted by molar-refractivity contribution is 5.90. The van der Waals surface area contributed by atoms with Crippen molar-refractivity contribution >= 4 is 17.5 Å². The minimum Gasteiger partial charge on any atom is -0.465 e. The second kappa shape index (κ2) is 6.87. The van der Waals surface area contributed by atoms with Gasteiger partial charge >= 0.3 is 11.7 Å². The predicted octanol–water partition coefficient (Wildman–Crippen LogP) is 0.532. The number of methoxy groups -OCH3 is 1. The maximum Gasteiger partial charge on any atom is 0.339 e. The lowest BCUT2D eigenvalue weighted by molar-refractivity contribution is -0.384. The number of anilines is 1. The topological polar surface area (TPSA) is 88.8 Å². The van der Waals surface area contributed by atoms with Crippen LogP contribution in [0.25, 0.3) is 0 Å². The third-order valence-electron chi connectivity index (χ3n) is 3.45. The number of nitro groups is 1. The van der Waals surface area contributed by atoms with Gasteiger partial charge in [0.05, 0.1) is 24.1 Å². The first kappa shape index (κ1) is 15.7. The molecule has 0 radical (unpaired) electrons. The summed E-state index contributed by atoms with van der Waals surface area (Å²) in [5.74, 6) is 2.19. The number of aromatic nitrogens is 1. The number of rotatable bonds is 4. The number of carbonyl (C=O) groups excluding carboxylic acids is 1. The second-order valence-corrected chi connectivity index (χ2v) is 4.78. The van der Waals surface area contributed by atoms with Crippen LogP contribution in [-0.2, 0) is 4.74 Å². The van der Waals surface area contributed by atoms with Crippen molar-refractivity contribution in [2.24, 2.45) is 0 Å². The van der Waals surface area contributed by atoms with E-state index < -0.39 is 10.9 Å². The molecule has 8 heteroatoms. The molecule has 1 aliphatic heterocycles. The standard InChI is InChI=1S/C14H16N4O4/c1-3-4-16-5-7-17(8-6-16)13-12(18(20)21)9-11(10-15-13)14(19)22-2/h1,9-10H,4-8H2,2H3. The number of pyridine rings is 1. The zero-order valence-corrected chi connectivity index (χ0v) is 12.2. The lowest BCUT2D eigenvalue weighted by Crippen LogP contribution is -2.46. The molecule has 2 heterocycles. The Morgan fingerprint density at radius 2 is 2.18 bits per heavy atom. The van der Waals surface area contributed by atoms with Crippen molar-refractivity contribution in [3.05, 3.63) is 27.9 Å². The number of carbonyl (C=O) groups is 1. The van der Waals surface area contributed by atoms with Crippen LogP contribution in [-0.4, -0.2) is 60.6 Å². The maximum absolute atomic E-state index is 11.5. The first-order valence-electron chi connectivity index (χ1n) is 6.70. The summed E-state index contributed by atoms with van der Waals surface area (Å²) < 4.78 is 4.56. The Morgan fingerprint density at radius 1 is 1.50 bits per heavy atom. The number of hydrogen-bond donors (Lipinski definition) is 0. The largest absolute Gasteiger partial charge is 0.465 e. The second-order valence-electron chi connectivity index (χ2n) is 4.78. The number of terminal acetylenes is 1. The Hall–Kier alpha value is -2.66. The van der Waals surface area contributed by atoms with E-state index in [4.69, 9.17) is 6.42 Å². The van der Waals surface area contributed by atoms with Crippen molar-refractivity contribution in [3.63, 3.8) is 0 Å². The van der Waals surface area contributed by atoms with Crippen LogP contribution in [0.1, 0.15) is 10.4 Å². The van der Waals surface area contributed by atoms with E-state index in [1.165, 1.54) is 19.4 Å². The molecule has 0 unspecified atom stereocenters. The van der Waals surface area contributed by atoms with Crippen LogP contribution in [0.5, 0.6) is 0 Å². The van der Waals surface area contributed by atoms with Crippen LogP contribution in [0.4, 0.5) is 11.5 Å². The molecule has 22 heavy (non-hydrogen) atoms. The Kier molecular flexibility index (Phi) is 4.91. The van der Waals surface area contributed by atoms with Gasteiger partial charge in [-0.3, -0.25) is 15.0 Å². The minimum absolute atomic E-state index is 0.0592. The van der Waals surface area contributed by atoms with E-state index in [0.717, 1.165) is 0 Å². The highest BCUT2D eigenvalue weighted by Gasteiger charge is 2.26. The molecule has 0 N–H and O–H groups in total. The molecule has 0 aliphatic carbocycles. The van der Waals surface area contributed by atoms with E-state index in [0.29, 0.717) is 32.7 Å². The average molecular weight is 304 g/mol.